The molecule has 3 aromatic rings. The van der Waals surface area contributed by atoms with Gasteiger partial charge in [0.15, 0.2) is 11.5 Å². The molecule has 22 heavy (non-hydrogen) atoms. The van der Waals surface area contributed by atoms with Crippen LogP contribution >= 0.6 is 11.3 Å². The summed E-state index contributed by atoms with van der Waals surface area (Å²) in [6, 6.07) is 5.32. The zero-order chi connectivity index (χ0) is 15.7. The first-order valence-corrected chi connectivity index (χ1v) is 7.73. The molecule has 0 aliphatic rings. The van der Waals surface area contributed by atoms with E-state index in [1.165, 1.54) is 0 Å². The van der Waals surface area contributed by atoms with E-state index in [1.807, 2.05) is 6.92 Å². The van der Waals surface area contributed by atoms with Gasteiger partial charge in [-0.1, -0.05) is 11.3 Å². The lowest BCUT2D eigenvalue weighted by Gasteiger charge is -2.06. The van der Waals surface area contributed by atoms with Crippen LogP contribution in [0.15, 0.2) is 32.8 Å². The second-order valence-corrected chi connectivity index (χ2v) is 5.83. The number of carbonyl (C=O) groups excluding carboxylic acids is 1. The lowest BCUT2D eigenvalue weighted by molar-refractivity contribution is -0.116. The Morgan fingerprint density at radius 3 is 2.95 bits per heavy atom. The van der Waals surface area contributed by atoms with Crippen LogP contribution in [0, 0.1) is 13.8 Å². The molecule has 0 saturated carbocycles. The molecule has 1 amide bonds. The first-order chi connectivity index (χ1) is 10.5. The number of anilines is 1. The summed E-state index contributed by atoms with van der Waals surface area (Å²) in [7, 11) is 0. The maximum Gasteiger partial charge on any atom is 0.307 e. The van der Waals surface area contributed by atoms with Crippen molar-refractivity contribution in [2.24, 2.45) is 0 Å². The predicted molar refractivity (Wildman–Crippen MR) is 85.3 cm³/mol. The number of oxazole rings is 1. The fraction of sp³-hybridized carbons (Fsp3) is 0.267. The number of nitrogens with zero attached hydrogens (tertiary/aromatic N) is 2. The van der Waals surface area contributed by atoms with E-state index in [0.717, 1.165) is 17.0 Å². The van der Waals surface area contributed by atoms with E-state index < -0.39 is 0 Å². The number of fused-ring (bicyclic) bond motifs is 1. The van der Waals surface area contributed by atoms with Gasteiger partial charge < -0.3 is 14.3 Å². The second-order valence-electron chi connectivity index (χ2n) is 5.01. The predicted octanol–water partition coefficient (Wildman–Crippen LogP) is 2.70. The van der Waals surface area contributed by atoms with Gasteiger partial charge in [-0.15, -0.1) is 0 Å². The van der Waals surface area contributed by atoms with Gasteiger partial charge in [0, 0.05) is 36.7 Å². The molecule has 2 aromatic heterocycles. The van der Waals surface area contributed by atoms with Crippen LogP contribution in [0.3, 0.4) is 0 Å². The van der Waals surface area contributed by atoms with Gasteiger partial charge in [-0.05, 0) is 25.1 Å². The van der Waals surface area contributed by atoms with Gasteiger partial charge in [0.05, 0.1) is 0 Å². The molecule has 0 atom stereocenters. The smallest absolute Gasteiger partial charge is 0.307 e. The minimum Gasteiger partial charge on any atom is -0.441 e. The molecule has 0 radical (unpaired) electrons. The number of hydrogen-bond donors (Lipinski definition) is 1. The first kappa shape index (κ1) is 14.5. The minimum atomic E-state index is -0.142. The Labute approximate surface area is 130 Å². The molecule has 114 valence electrons. The average Bonchev–Trinajstić information content (AvgIpc) is 2.98. The van der Waals surface area contributed by atoms with E-state index in [4.69, 9.17) is 4.42 Å². The summed E-state index contributed by atoms with van der Waals surface area (Å²) in [5, 5.41) is 4.60. The lowest BCUT2D eigenvalue weighted by atomic mass is 10.2. The highest BCUT2D eigenvalue weighted by Gasteiger charge is 2.08. The summed E-state index contributed by atoms with van der Waals surface area (Å²) in [5.41, 5.74) is 2.94. The van der Waals surface area contributed by atoms with E-state index in [-0.39, 0.29) is 17.2 Å². The molecule has 3 rings (SSSR count). The van der Waals surface area contributed by atoms with Crippen molar-refractivity contribution in [3.8, 4) is 0 Å². The summed E-state index contributed by atoms with van der Waals surface area (Å²) in [6.07, 6.45) is 0.243. The maximum atomic E-state index is 12.0. The van der Waals surface area contributed by atoms with Crippen molar-refractivity contribution in [2.45, 2.75) is 26.8 Å². The standard InChI is InChI=1S/C15H15N3O3S/c1-9-8-22-15(20)18(9)6-5-14(19)17-11-3-4-13-12(7-11)16-10(2)21-13/h3-4,7-8H,5-6H2,1-2H3,(H,17,19). The van der Waals surface area contributed by atoms with Gasteiger partial charge >= 0.3 is 4.87 Å². The van der Waals surface area contributed by atoms with Gasteiger partial charge in [0.2, 0.25) is 5.91 Å². The fourth-order valence-electron chi connectivity index (χ4n) is 2.23. The van der Waals surface area contributed by atoms with Crippen LogP contribution in [0.5, 0.6) is 0 Å². The van der Waals surface area contributed by atoms with Gasteiger partial charge in [0.1, 0.15) is 5.52 Å². The van der Waals surface area contributed by atoms with E-state index in [1.54, 1.807) is 35.1 Å². The van der Waals surface area contributed by atoms with Crippen LogP contribution < -0.4 is 10.2 Å². The topological polar surface area (TPSA) is 77.1 Å². The molecule has 0 spiro atoms. The molecule has 1 aromatic carbocycles. The molecule has 0 fully saturated rings. The van der Waals surface area contributed by atoms with E-state index in [0.29, 0.717) is 29.2 Å². The monoisotopic (exact) mass is 317 g/mol. The summed E-state index contributed by atoms with van der Waals surface area (Å²) in [4.78, 5) is 27.8. The van der Waals surface area contributed by atoms with Gasteiger partial charge in [-0.3, -0.25) is 9.59 Å². The molecule has 0 bridgehead atoms. The number of aromatic nitrogens is 2. The molecule has 7 heteroatoms. The Bertz CT molecular complexity index is 891. The van der Waals surface area contributed by atoms with Crippen LogP contribution in [0.25, 0.3) is 11.1 Å². The van der Waals surface area contributed by atoms with Crippen LogP contribution in [0.1, 0.15) is 18.0 Å². The third kappa shape index (κ3) is 2.94. The molecular formula is C15H15N3O3S. The number of hydrogen-bond acceptors (Lipinski definition) is 5. The third-order valence-corrected chi connectivity index (χ3v) is 4.20. The largest absolute Gasteiger partial charge is 0.441 e. The molecule has 2 heterocycles. The first-order valence-electron chi connectivity index (χ1n) is 6.85. The van der Waals surface area contributed by atoms with Gasteiger partial charge in [0.25, 0.3) is 0 Å². The Morgan fingerprint density at radius 1 is 1.41 bits per heavy atom. The zero-order valence-electron chi connectivity index (χ0n) is 12.3. The van der Waals surface area contributed by atoms with Crippen LogP contribution in [-0.4, -0.2) is 15.5 Å². The zero-order valence-corrected chi connectivity index (χ0v) is 13.1. The summed E-state index contributed by atoms with van der Waals surface area (Å²) < 4.78 is 7.00. The molecule has 1 N–H and O–H groups in total. The number of amides is 1. The average molecular weight is 317 g/mol. The van der Waals surface area contributed by atoms with Crippen molar-refractivity contribution in [2.75, 3.05) is 5.32 Å². The Hall–Kier alpha value is -2.41. The van der Waals surface area contributed by atoms with Crippen molar-refractivity contribution in [1.82, 2.24) is 9.55 Å². The summed E-state index contributed by atoms with van der Waals surface area (Å²) >= 11 is 1.15. The summed E-state index contributed by atoms with van der Waals surface area (Å²) in [5.74, 6) is 0.447. The number of aryl methyl sites for hydroxylation is 2. The Morgan fingerprint density at radius 2 is 2.23 bits per heavy atom. The van der Waals surface area contributed by atoms with Gasteiger partial charge in [-0.25, -0.2) is 4.98 Å². The number of thiazole rings is 1. The quantitative estimate of drug-likeness (QED) is 0.802. The van der Waals surface area contributed by atoms with Crippen molar-refractivity contribution >= 4 is 34.0 Å². The SMILES string of the molecule is Cc1nc2cc(NC(=O)CCn3c(C)csc3=O)ccc2o1. The van der Waals surface area contributed by atoms with Crippen LogP contribution in [0.4, 0.5) is 5.69 Å². The van der Waals surface area contributed by atoms with Crippen molar-refractivity contribution in [1.29, 1.82) is 0 Å². The minimum absolute atomic E-state index is 0.0372. The van der Waals surface area contributed by atoms with Crippen molar-refractivity contribution < 1.29 is 9.21 Å². The highest BCUT2D eigenvalue weighted by Crippen LogP contribution is 2.19. The fourth-order valence-corrected chi connectivity index (χ4v) is 2.99. The maximum absolute atomic E-state index is 12.0. The number of benzene rings is 1. The third-order valence-electron chi connectivity index (χ3n) is 3.32. The van der Waals surface area contributed by atoms with Crippen LogP contribution in [0.2, 0.25) is 0 Å². The molecule has 0 aliphatic heterocycles. The molecule has 6 nitrogen and oxygen atoms in total. The van der Waals surface area contributed by atoms with E-state index >= 15 is 0 Å². The molecule has 0 aliphatic carbocycles. The highest BCUT2D eigenvalue weighted by atomic mass is 32.1. The van der Waals surface area contributed by atoms with Crippen LogP contribution in [-0.2, 0) is 11.3 Å². The highest BCUT2D eigenvalue weighted by molar-refractivity contribution is 7.07. The van der Waals surface area contributed by atoms with E-state index in [2.05, 4.69) is 10.3 Å². The lowest BCUT2D eigenvalue weighted by Crippen LogP contribution is -2.20. The number of nitrogens with one attached hydrogen (secondary N) is 1. The number of carbonyl (C=O) groups is 1. The van der Waals surface area contributed by atoms with E-state index in [9.17, 15) is 9.59 Å². The number of rotatable bonds is 4. The molecular weight excluding hydrogens is 302 g/mol. The van der Waals surface area contributed by atoms with Crippen molar-refractivity contribution in [3.63, 3.8) is 0 Å². The Kier molecular flexibility index (Phi) is 3.81. The molecule has 0 saturated heterocycles. The summed E-state index contributed by atoms with van der Waals surface area (Å²) in [6.45, 7) is 4.02. The molecule has 0 unspecified atom stereocenters. The normalized spacial score (nSPS) is 11.0. The Balaban J connectivity index is 1.66. The second kappa shape index (κ2) is 5.76. The van der Waals surface area contributed by atoms with Crippen molar-refractivity contribution in [3.05, 3.63) is 44.8 Å². The van der Waals surface area contributed by atoms with Gasteiger partial charge in [-0.2, -0.15) is 0 Å².